The van der Waals surface area contributed by atoms with Crippen molar-refractivity contribution in [1.82, 2.24) is 4.90 Å². The predicted molar refractivity (Wildman–Crippen MR) is 112 cm³/mol. The van der Waals surface area contributed by atoms with E-state index in [0.717, 1.165) is 0 Å². The average molecular weight is 435 g/mol. The Morgan fingerprint density at radius 1 is 1.20 bits per heavy atom. The van der Waals surface area contributed by atoms with Crippen molar-refractivity contribution < 1.29 is 29.3 Å². The van der Waals surface area contributed by atoms with Gasteiger partial charge < -0.3 is 25.2 Å². The summed E-state index contributed by atoms with van der Waals surface area (Å²) in [4.78, 5) is 36.4. The first-order valence-electron chi connectivity index (χ1n) is 9.21. The van der Waals surface area contributed by atoms with Crippen LogP contribution in [-0.4, -0.2) is 45.5 Å². The summed E-state index contributed by atoms with van der Waals surface area (Å²) in [5, 5.41) is 21.2. The molecule has 30 heavy (non-hydrogen) atoms. The first kappa shape index (κ1) is 23.0. The standard InChI is InChI=1S/C21H23ClN2O6/c1-5-24(11(2)3)20(27)15-10-14(6-7-17(15)25)30-18-12(4)8-13(9-16(18)22)23-19(26)21(28)29/h6-11,25H,5H2,1-4H3,(H,23,26)(H,28,29). The van der Waals surface area contributed by atoms with Crippen molar-refractivity contribution in [3.8, 4) is 17.2 Å². The van der Waals surface area contributed by atoms with Gasteiger partial charge in [-0.1, -0.05) is 11.6 Å². The number of phenolic OH excluding ortho intramolecular Hbond substituents is 1. The number of hydrogen-bond donors (Lipinski definition) is 3. The van der Waals surface area contributed by atoms with Gasteiger partial charge >= 0.3 is 11.9 Å². The molecule has 2 rings (SSSR count). The van der Waals surface area contributed by atoms with Gasteiger partial charge in [0.05, 0.1) is 10.6 Å². The van der Waals surface area contributed by atoms with Gasteiger partial charge in [0, 0.05) is 18.3 Å². The maximum atomic E-state index is 12.8. The quantitative estimate of drug-likeness (QED) is 0.591. The SMILES string of the molecule is CCN(C(=O)c1cc(Oc2c(C)cc(NC(=O)C(=O)O)cc2Cl)ccc1O)C(C)C. The number of halogens is 1. The van der Waals surface area contributed by atoms with Gasteiger partial charge in [-0.2, -0.15) is 0 Å². The molecule has 0 unspecified atom stereocenters. The second-order valence-corrected chi connectivity index (χ2v) is 7.24. The molecular formula is C21H23ClN2O6. The predicted octanol–water partition coefficient (Wildman–Crippen LogP) is 4.04. The number of aliphatic carboxylic acids is 1. The smallest absolute Gasteiger partial charge is 0.394 e. The summed E-state index contributed by atoms with van der Waals surface area (Å²) in [6, 6.07) is 7.10. The first-order valence-corrected chi connectivity index (χ1v) is 9.59. The number of carboxylic acid groups (broad SMARTS) is 1. The highest BCUT2D eigenvalue weighted by Gasteiger charge is 2.21. The monoisotopic (exact) mass is 434 g/mol. The number of rotatable bonds is 6. The number of ether oxygens (including phenoxy) is 1. The molecule has 0 aliphatic heterocycles. The molecule has 0 aliphatic carbocycles. The van der Waals surface area contributed by atoms with Crippen LogP contribution in [0.3, 0.4) is 0 Å². The third-order valence-electron chi connectivity index (χ3n) is 4.32. The van der Waals surface area contributed by atoms with E-state index in [9.17, 15) is 19.5 Å². The summed E-state index contributed by atoms with van der Waals surface area (Å²) in [7, 11) is 0. The molecule has 2 amide bonds. The Morgan fingerprint density at radius 3 is 2.40 bits per heavy atom. The van der Waals surface area contributed by atoms with Crippen molar-refractivity contribution in [1.29, 1.82) is 0 Å². The van der Waals surface area contributed by atoms with Crippen LogP contribution in [0.4, 0.5) is 5.69 Å². The van der Waals surface area contributed by atoms with E-state index in [1.165, 1.54) is 30.3 Å². The molecule has 2 aromatic carbocycles. The molecule has 0 bridgehead atoms. The molecule has 9 heteroatoms. The van der Waals surface area contributed by atoms with E-state index < -0.39 is 11.9 Å². The van der Waals surface area contributed by atoms with Crippen LogP contribution in [0.15, 0.2) is 30.3 Å². The second-order valence-electron chi connectivity index (χ2n) is 6.83. The summed E-state index contributed by atoms with van der Waals surface area (Å²) in [5.41, 5.74) is 0.831. The molecule has 0 aliphatic rings. The number of carbonyl (C=O) groups excluding carboxylic acids is 2. The fraction of sp³-hybridized carbons (Fsp3) is 0.286. The Balaban J connectivity index is 2.34. The van der Waals surface area contributed by atoms with Crippen LogP contribution in [0.2, 0.25) is 5.02 Å². The number of nitrogens with one attached hydrogen (secondary N) is 1. The zero-order valence-electron chi connectivity index (χ0n) is 17.0. The molecule has 0 fully saturated rings. The van der Waals surface area contributed by atoms with Crippen molar-refractivity contribution in [2.45, 2.75) is 33.7 Å². The van der Waals surface area contributed by atoms with Crippen LogP contribution in [0.25, 0.3) is 0 Å². The maximum absolute atomic E-state index is 12.8. The van der Waals surface area contributed by atoms with Crippen LogP contribution >= 0.6 is 11.6 Å². The van der Waals surface area contributed by atoms with Crippen molar-refractivity contribution in [3.05, 3.63) is 46.5 Å². The lowest BCUT2D eigenvalue weighted by atomic mass is 10.1. The number of carboxylic acids is 1. The highest BCUT2D eigenvalue weighted by atomic mass is 35.5. The Morgan fingerprint density at radius 2 is 1.87 bits per heavy atom. The molecule has 0 saturated carbocycles. The Bertz CT molecular complexity index is 966. The van der Waals surface area contributed by atoms with Gasteiger partial charge in [-0.3, -0.25) is 9.59 Å². The van der Waals surface area contributed by atoms with E-state index in [2.05, 4.69) is 5.32 Å². The third kappa shape index (κ3) is 5.21. The van der Waals surface area contributed by atoms with Gasteiger partial charge in [-0.25, -0.2) is 4.79 Å². The van der Waals surface area contributed by atoms with Crippen LogP contribution in [-0.2, 0) is 9.59 Å². The van der Waals surface area contributed by atoms with E-state index in [1.807, 2.05) is 20.8 Å². The lowest BCUT2D eigenvalue weighted by Crippen LogP contribution is -2.36. The van der Waals surface area contributed by atoms with Crippen molar-refractivity contribution >= 4 is 35.1 Å². The number of carbonyl (C=O) groups is 3. The largest absolute Gasteiger partial charge is 0.507 e. The Labute approximate surface area is 179 Å². The fourth-order valence-electron chi connectivity index (χ4n) is 2.88. The highest BCUT2D eigenvalue weighted by Crippen LogP contribution is 2.36. The Kier molecular flexibility index (Phi) is 7.28. The number of anilines is 1. The van der Waals surface area contributed by atoms with Crippen LogP contribution < -0.4 is 10.1 Å². The Hall–Kier alpha value is -3.26. The number of aromatic hydroxyl groups is 1. The minimum Gasteiger partial charge on any atom is -0.507 e. The molecule has 0 heterocycles. The number of amides is 2. The molecule has 0 radical (unpaired) electrons. The summed E-state index contributed by atoms with van der Waals surface area (Å²) >= 11 is 6.25. The van der Waals surface area contributed by atoms with Gasteiger partial charge in [0.2, 0.25) is 0 Å². The minimum atomic E-state index is -1.62. The summed E-state index contributed by atoms with van der Waals surface area (Å²) < 4.78 is 5.82. The van der Waals surface area contributed by atoms with E-state index in [1.54, 1.807) is 11.8 Å². The van der Waals surface area contributed by atoms with Crippen molar-refractivity contribution in [2.75, 3.05) is 11.9 Å². The van der Waals surface area contributed by atoms with Crippen LogP contribution in [0, 0.1) is 6.92 Å². The topological polar surface area (TPSA) is 116 Å². The fourth-order valence-corrected chi connectivity index (χ4v) is 3.19. The summed E-state index contributed by atoms with van der Waals surface area (Å²) in [5.74, 6) is -2.75. The lowest BCUT2D eigenvalue weighted by Gasteiger charge is -2.25. The molecule has 0 atom stereocenters. The van der Waals surface area contributed by atoms with Crippen LogP contribution in [0.5, 0.6) is 17.2 Å². The zero-order chi connectivity index (χ0) is 22.6. The lowest BCUT2D eigenvalue weighted by molar-refractivity contribution is -0.147. The van der Waals surface area contributed by atoms with Gasteiger partial charge in [0.1, 0.15) is 17.2 Å². The van der Waals surface area contributed by atoms with Crippen molar-refractivity contribution in [3.63, 3.8) is 0 Å². The van der Waals surface area contributed by atoms with Gasteiger partial charge in [0.25, 0.3) is 5.91 Å². The van der Waals surface area contributed by atoms with E-state index in [4.69, 9.17) is 21.4 Å². The maximum Gasteiger partial charge on any atom is 0.394 e. The molecular weight excluding hydrogens is 412 g/mol. The number of hydrogen-bond acceptors (Lipinski definition) is 5. The zero-order valence-corrected chi connectivity index (χ0v) is 17.8. The highest BCUT2D eigenvalue weighted by molar-refractivity contribution is 6.37. The molecule has 0 saturated heterocycles. The molecule has 2 aromatic rings. The molecule has 3 N–H and O–H groups in total. The molecule has 0 aromatic heterocycles. The number of phenols is 1. The molecule has 8 nitrogen and oxygen atoms in total. The number of aryl methyl sites for hydroxylation is 1. The summed E-state index contributed by atoms with van der Waals surface area (Å²) in [6.45, 7) is 7.76. The normalized spacial score (nSPS) is 10.6. The van der Waals surface area contributed by atoms with E-state index in [0.29, 0.717) is 12.1 Å². The first-order chi connectivity index (χ1) is 14.0. The summed E-state index contributed by atoms with van der Waals surface area (Å²) in [6.07, 6.45) is 0. The van der Waals surface area contributed by atoms with Gasteiger partial charge in [0.15, 0.2) is 0 Å². The van der Waals surface area contributed by atoms with Gasteiger partial charge in [-0.05, 0) is 63.6 Å². The van der Waals surface area contributed by atoms with Crippen molar-refractivity contribution in [2.24, 2.45) is 0 Å². The number of nitrogens with zero attached hydrogens (tertiary/aromatic N) is 1. The van der Waals surface area contributed by atoms with E-state index >= 15 is 0 Å². The van der Waals surface area contributed by atoms with E-state index in [-0.39, 0.29) is 45.5 Å². The second kappa shape index (κ2) is 9.49. The van der Waals surface area contributed by atoms with Crippen LogP contribution in [0.1, 0.15) is 36.7 Å². The molecule has 0 spiro atoms. The minimum absolute atomic E-state index is 0.0447. The molecule has 160 valence electrons. The van der Waals surface area contributed by atoms with Gasteiger partial charge in [-0.15, -0.1) is 0 Å². The average Bonchev–Trinajstić information content (AvgIpc) is 2.65. The number of benzene rings is 2. The third-order valence-corrected chi connectivity index (χ3v) is 4.61.